The second-order valence-electron chi connectivity index (χ2n) is 8.96. The first kappa shape index (κ1) is 22.6. The summed E-state index contributed by atoms with van der Waals surface area (Å²) in [5, 5.41) is 19.0. The molecular weight excluding hydrogens is 449 g/mol. The van der Waals surface area contributed by atoms with Gasteiger partial charge in [-0.1, -0.05) is 11.8 Å². The molecule has 4 heterocycles. The van der Waals surface area contributed by atoms with Gasteiger partial charge in [0.15, 0.2) is 5.82 Å². The molecule has 0 aromatic carbocycles. The predicted molar refractivity (Wildman–Crippen MR) is 129 cm³/mol. The number of hydrogen-bond acceptors (Lipinski definition) is 6. The van der Waals surface area contributed by atoms with E-state index < -0.39 is 5.82 Å². The van der Waals surface area contributed by atoms with Crippen LogP contribution in [0.2, 0.25) is 0 Å². The lowest BCUT2D eigenvalue weighted by molar-refractivity contribution is 0.188. The first-order valence-corrected chi connectivity index (χ1v) is 12.2. The summed E-state index contributed by atoms with van der Waals surface area (Å²) in [5.41, 5.74) is 4.11. The lowest BCUT2D eigenvalue weighted by atomic mass is 9.90. The zero-order valence-corrected chi connectivity index (χ0v) is 20.3. The Hall–Kier alpha value is -3.22. The Kier molecular flexibility index (Phi) is 6.11. The van der Waals surface area contributed by atoms with E-state index in [1.807, 2.05) is 18.5 Å². The van der Waals surface area contributed by atoms with Crippen LogP contribution >= 0.6 is 11.8 Å². The Morgan fingerprint density at radius 3 is 2.68 bits per heavy atom. The van der Waals surface area contributed by atoms with Crippen LogP contribution in [-0.2, 0) is 0 Å². The molecule has 9 heteroatoms. The fourth-order valence-corrected chi connectivity index (χ4v) is 5.81. The number of pyridine rings is 2. The molecule has 4 aromatic heterocycles. The Morgan fingerprint density at radius 1 is 1.18 bits per heavy atom. The highest BCUT2D eigenvalue weighted by Gasteiger charge is 2.26. The van der Waals surface area contributed by atoms with E-state index in [-0.39, 0.29) is 5.03 Å². The average Bonchev–Trinajstić information content (AvgIpc) is 3.44. The Morgan fingerprint density at radius 2 is 1.97 bits per heavy atom. The third kappa shape index (κ3) is 4.08. The van der Waals surface area contributed by atoms with Crippen molar-refractivity contribution in [3.05, 3.63) is 60.1 Å². The van der Waals surface area contributed by atoms with Crippen molar-refractivity contribution >= 4 is 17.3 Å². The van der Waals surface area contributed by atoms with Crippen molar-refractivity contribution in [3.63, 3.8) is 0 Å². The van der Waals surface area contributed by atoms with Gasteiger partial charge in [-0.2, -0.15) is 15.5 Å². The monoisotopic (exact) mass is 475 g/mol. The Bertz CT molecular complexity index is 1380. The van der Waals surface area contributed by atoms with Crippen molar-refractivity contribution in [2.75, 3.05) is 14.1 Å². The molecule has 0 radical (unpaired) electrons. The molecule has 0 atom stereocenters. The summed E-state index contributed by atoms with van der Waals surface area (Å²) in [7, 11) is 4.30. The Balaban J connectivity index is 1.53. The van der Waals surface area contributed by atoms with Gasteiger partial charge in [0.25, 0.3) is 0 Å². The SMILES string of the molecule is Cc1c(-c2cc(Sc3ncccc3F)c3c(C#N)cnn3c2)cnn1[C@H]1CC[C@H](N(C)C)CC1. The van der Waals surface area contributed by atoms with Gasteiger partial charge in [-0.25, -0.2) is 13.9 Å². The molecule has 1 aliphatic rings. The van der Waals surface area contributed by atoms with E-state index in [9.17, 15) is 9.65 Å². The van der Waals surface area contributed by atoms with Crippen molar-refractivity contribution in [2.45, 2.75) is 54.6 Å². The number of fused-ring (bicyclic) bond motifs is 1. The van der Waals surface area contributed by atoms with Crippen LogP contribution in [0.5, 0.6) is 0 Å². The molecule has 0 unspecified atom stereocenters. The molecule has 0 aliphatic heterocycles. The maximum Gasteiger partial charge on any atom is 0.155 e. The highest BCUT2D eigenvalue weighted by atomic mass is 32.2. The molecule has 4 aromatic rings. The molecule has 174 valence electrons. The van der Waals surface area contributed by atoms with Crippen LogP contribution in [0.4, 0.5) is 4.39 Å². The van der Waals surface area contributed by atoms with Crippen molar-refractivity contribution in [2.24, 2.45) is 0 Å². The number of nitriles is 1. The maximum absolute atomic E-state index is 14.4. The van der Waals surface area contributed by atoms with Crippen molar-refractivity contribution in [1.29, 1.82) is 5.26 Å². The van der Waals surface area contributed by atoms with Gasteiger partial charge in [-0.15, -0.1) is 0 Å². The van der Waals surface area contributed by atoms with Gasteiger partial charge in [0.1, 0.15) is 11.1 Å². The van der Waals surface area contributed by atoms with Gasteiger partial charge in [-0.05, 0) is 64.9 Å². The zero-order valence-electron chi connectivity index (χ0n) is 19.4. The number of nitrogens with zero attached hydrogens (tertiary/aromatic N) is 7. The number of halogens is 1. The summed E-state index contributed by atoms with van der Waals surface area (Å²) in [6.45, 7) is 2.10. The highest BCUT2D eigenvalue weighted by Crippen LogP contribution is 2.38. The van der Waals surface area contributed by atoms with Crippen LogP contribution in [0.15, 0.2) is 52.9 Å². The largest absolute Gasteiger partial charge is 0.306 e. The summed E-state index contributed by atoms with van der Waals surface area (Å²) in [5.74, 6) is -0.397. The smallest absolute Gasteiger partial charge is 0.155 e. The lowest BCUT2D eigenvalue weighted by Crippen LogP contribution is -2.33. The van der Waals surface area contributed by atoms with E-state index in [0.29, 0.717) is 23.2 Å². The number of hydrogen-bond donors (Lipinski definition) is 0. The van der Waals surface area contributed by atoms with Crippen LogP contribution in [-0.4, -0.2) is 49.4 Å². The van der Waals surface area contributed by atoms with Crippen LogP contribution < -0.4 is 0 Å². The Labute approximate surface area is 202 Å². The van der Waals surface area contributed by atoms with Crippen molar-refractivity contribution < 1.29 is 4.39 Å². The summed E-state index contributed by atoms with van der Waals surface area (Å²) in [6.07, 6.45) is 11.5. The van der Waals surface area contributed by atoms with E-state index in [1.165, 1.54) is 36.9 Å². The van der Waals surface area contributed by atoms with Crippen molar-refractivity contribution in [1.82, 2.24) is 29.3 Å². The van der Waals surface area contributed by atoms with Crippen LogP contribution in [0, 0.1) is 24.1 Å². The van der Waals surface area contributed by atoms with E-state index in [0.717, 1.165) is 34.6 Å². The molecule has 5 rings (SSSR count). The number of aromatic nitrogens is 5. The fraction of sp³-hybridized carbons (Fsp3) is 0.360. The number of rotatable bonds is 5. The molecule has 0 N–H and O–H groups in total. The minimum Gasteiger partial charge on any atom is -0.306 e. The van der Waals surface area contributed by atoms with Crippen LogP contribution in [0.25, 0.3) is 16.6 Å². The normalized spacial score (nSPS) is 18.5. The van der Waals surface area contributed by atoms with E-state index in [2.05, 4.69) is 46.8 Å². The molecule has 0 spiro atoms. The second kappa shape index (κ2) is 9.20. The van der Waals surface area contributed by atoms with Crippen molar-refractivity contribution in [3.8, 4) is 17.2 Å². The minimum atomic E-state index is -0.397. The van der Waals surface area contributed by atoms with Gasteiger partial charge in [0.2, 0.25) is 0 Å². The first-order chi connectivity index (χ1) is 16.5. The summed E-state index contributed by atoms with van der Waals surface area (Å²) in [4.78, 5) is 7.22. The molecule has 0 bridgehead atoms. The third-order valence-electron chi connectivity index (χ3n) is 6.73. The van der Waals surface area contributed by atoms with E-state index in [4.69, 9.17) is 5.10 Å². The van der Waals surface area contributed by atoms with E-state index >= 15 is 0 Å². The van der Waals surface area contributed by atoms with Gasteiger partial charge in [0.05, 0.1) is 29.5 Å². The topological polar surface area (TPSA) is 75.0 Å². The molecule has 1 aliphatic carbocycles. The first-order valence-electron chi connectivity index (χ1n) is 11.4. The van der Waals surface area contributed by atoms with Gasteiger partial charge < -0.3 is 4.90 Å². The maximum atomic E-state index is 14.4. The molecule has 1 fully saturated rings. The molecular formula is C25H26FN7S. The average molecular weight is 476 g/mol. The summed E-state index contributed by atoms with van der Waals surface area (Å²) >= 11 is 1.20. The summed E-state index contributed by atoms with van der Waals surface area (Å²) in [6, 6.07) is 8.14. The van der Waals surface area contributed by atoms with Crippen LogP contribution in [0.1, 0.15) is 43.0 Å². The predicted octanol–water partition coefficient (Wildman–Crippen LogP) is 5.11. The van der Waals surface area contributed by atoms with Gasteiger partial charge >= 0.3 is 0 Å². The molecule has 0 amide bonds. The third-order valence-corrected chi connectivity index (χ3v) is 7.75. The molecule has 0 saturated heterocycles. The highest BCUT2D eigenvalue weighted by molar-refractivity contribution is 7.99. The lowest BCUT2D eigenvalue weighted by Gasteiger charge is -2.33. The molecule has 1 saturated carbocycles. The standard InChI is InChI=1S/C25H26FN7S/c1-16-21(14-30-33(16)20-8-6-19(7-9-20)31(2)3)17-11-23(34-25-22(26)5-4-10-28-25)24-18(12-27)13-29-32(24)15-17/h4-5,10-11,13-15,19-20H,6-9H2,1-3H3/t19-,20-. The fourth-order valence-electron chi connectivity index (χ4n) is 4.84. The van der Waals surface area contributed by atoms with Crippen LogP contribution in [0.3, 0.4) is 0 Å². The zero-order chi connectivity index (χ0) is 23.8. The minimum absolute atomic E-state index is 0.261. The second-order valence-corrected chi connectivity index (χ2v) is 9.99. The molecule has 7 nitrogen and oxygen atoms in total. The molecule has 34 heavy (non-hydrogen) atoms. The quantitative estimate of drug-likeness (QED) is 0.399. The van der Waals surface area contributed by atoms with E-state index in [1.54, 1.807) is 16.8 Å². The van der Waals surface area contributed by atoms with Gasteiger partial charge in [-0.3, -0.25) is 4.68 Å². The summed E-state index contributed by atoms with van der Waals surface area (Å²) < 4.78 is 18.2. The van der Waals surface area contributed by atoms with Gasteiger partial charge in [0, 0.05) is 40.2 Å².